The molecule has 0 unspecified atom stereocenters. The van der Waals surface area contributed by atoms with E-state index in [1.165, 1.54) is 87.0 Å². The zero-order valence-corrected chi connectivity index (χ0v) is 36.8. The van der Waals surface area contributed by atoms with Gasteiger partial charge >= 0.3 is 12.4 Å². The Kier molecular flexibility index (Phi) is 14.0. The number of furan rings is 2. The number of nitrogens with zero attached hydrogens (tertiary/aromatic N) is 10. The molecule has 356 valence electrons. The second-order valence-corrected chi connectivity index (χ2v) is 19.7. The minimum absolute atomic E-state index is 0.0820. The van der Waals surface area contributed by atoms with E-state index in [9.17, 15) is 52.0 Å². The minimum Gasteiger partial charge on any atom is -0.461 e. The molecule has 0 aliphatic carbocycles. The van der Waals surface area contributed by atoms with Crippen LogP contribution in [0.3, 0.4) is 0 Å². The maximum absolute atomic E-state index is 13.7. The maximum atomic E-state index is 13.7. The first kappa shape index (κ1) is 48.7. The van der Waals surface area contributed by atoms with Gasteiger partial charge in [-0.1, -0.05) is 24.3 Å². The van der Waals surface area contributed by atoms with E-state index in [2.05, 4.69) is 40.3 Å². The molecule has 0 fully saturated rings. The summed E-state index contributed by atoms with van der Waals surface area (Å²) in [6, 6.07) is 15.4. The lowest BCUT2D eigenvalue weighted by Crippen LogP contribution is -2.25. The van der Waals surface area contributed by atoms with E-state index >= 15 is 0 Å². The van der Waals surface area contributed by atoms with Gasteiger partial charge in [0.1, 0.15) is 23.2 Å². The van der Waals surface area contributed by atoms with Crippen molar-refractivity contribution < 1.29 is 60.8 Å². The Labute approximate surface area is 380 Å². The van der Waals surface area contributed by atoms with Crippen LogP contribution in [0.15, 0.2) is 119 Å². The summed E-state index contributed by atoms with van der Waals surface area (Å²) >= 11 is 0. The number of benzene rings is 2. The summed E-state index contributed by atoms with van der Waals surface area (Å²) in [5, 5.41) is 13.5. The molecule has 68 heavy (non-hydrogen) atoms. The van der Waals surface area contributed by atoms with Crippen molar-refractivity contribution in [3.8, 4) is 34.5 Å². The van der Waals surface area contributed by atoms with E-state index in [1.807, 2.05) is 0 Å². The van der Waals surface area contributed by atoms with Crippen LogP contribution < -0.4 is 0 Å². The lowest BCUT2D eigenvalue weighted by Gasteiger charge is -2.17. The number of rotatable bonds is 14. The fourth-order valence-electron chi connectivity index (χ4n) is 6.58. The lowest BCUT2D eigenvalue weighted by atomic mass is 10.1. The molecule has 8 aromatic rings. The molecule has 6 aromatic heterocycles. The maximum Gasteiger partial charge on any atom is 0.418 e. The van der Waals surface area contributed by atoms with Crippen LogP contribution >= 0.6 is 0 Å². The summed E-state index contributed by atoms with van der Waals surface area (Å²) in [4.78, 5) is 15.0. The van der Waals surface area contributed by atoms with Crippen LogP contribution in [-0.4, -0.2) is 76.8 Å². The topological polar surface area (TPSA) is 208 Å². The predicted molar refractivity (Wildman–Crippen MR) is 224 cm³/mol. The van der Waals surface area contributed by atoms with Gasteiger partial charge in [-0.3, -0.25) is 9.13 Å². The predicted octanol–water partition coefficient (Wildman–Crippen LogP) is 8.04. The Morgan fingerprint density at radius 1 is 0.529 bits per heavy atom. The highest BCUT2D eigenvalue weighted by Crippen LogP contribution is 2.38. The van der Waals surface area contributed by atoms with Gasteiger partial charge in [-0.15, -0.1) is 20.4 Å². The smallest absolute Gasteiger partial charge is 0.418 e. The van der Waals surface area contributed by atoms with Crippen LogP contribution in [0, 0.1) is 11.6 Å². The average Bonchev–Trinajstić information content (AvgIpc) is 4.13. The fraction of sp³-hybridized carbons (Fsp3) is 0.238. The first-order chi connectivity index (χ1) is 32.1. The number of hydrogen-bond acceptors (Lipinski definition) is 14. The second kappa shape index (κ2) is 19.6. The zero-order chi connectivity index (χ0) is 49.0. The molecular weight excluding hydrogens is 957 g/mol. The van der Waals surface area contributed by atoms with Crippen molar-refractivity contribution in [3.63, 3.8) is 0 Å². The lowest BCUT2D eigenvalue weighted by molar-refractivity contribution is -0.138. The summed E-state index contributed by atoms with van der Waals surface area (Å²) in [5.74, 6) is -2.93. The molecular formula is C42H34F8N10O6S2. The first-order valence-corrected chi connectivity index (χ1v) is 23.2. The third-order valence-electron chi connectivity index (χ3n) is 10.0. The molecule has 8 rings (SSSR count). The quantitative estimate of drug-likeness (QED) is 0.0946. The molecule has 0 amide bonds. The van der Waals surface area contributed by atoms with Crippen LogP contribution in [-0.2, 0) is 56.4 Å². The number of hydrogen-bond donors (Lipinski definition) is 0. The van der Waals surface area contributed by atoms with Gasteiger partial charge in [-0.25, -0.2) is 45.6 Å². The highest BCUT2D eigenvalue weighted by Gasteiger charge is 2.38. The summed E-state index contributed by atoms with van der Waals surface area (Å²) in [6.45, 7) is 2.81. The molecule has 0 aliphatic rings. The van der Waals surface area contributed by atoms with Gasteiger partial charge in [0.05, 0.1) is 70.3 Å². The summed E-state index contributed by atoms with van der Waals surface area (Å²) in [6.07, 6.45) is -3.39. The summed E-state index contributed by atoms with van der Waals surface area (Å²) in [5.41, 5.74) is -2.67. The minimum atomic E-state index is -4.72. The molecule has 0 spiro atoms. The van der Waals surface area contributed by atoms with Crippen molar-refractivity contribution in [1.29, 1.82) is 0 Å². The van der Waals surface area contributed by atoms with E-state index in [0.29, 0.717) is 0 Å². The average molecular weight is 991 g/mol. The normalized spacial score (nSPS) is 13.2. The Morgan fingerprint density at radius 3 is 1.21 bits per heavy atom. The zero-order valence-electron chi connectivity index (χ0n) is 35.1. The number of para-hydroxylation sites is 2. The SMILES string of the molecule is C[C@@H](Cc1ncc(F)cn1)S(=O)(=O)Cc1nnc(-c2ccco2)n1-c1ccccc1C(F)(F)F.C[C@H](Cc1ncc(F)cn1)S(=O)(=O)Cc1nnc(-c2ccco2)n1-c1ccccc1C(F)(F)F. The van der Waals surface area contributed by atoms with Gasteiger partial charge in [0.25, 0.3) is 0 Å². The van der Waals surface area contributed by atoms with Gasteiger partial charge in [0.2, 0.25) is 11.6 Å². The third kappa shape index (κ3) is 11.1. The van der Waals surface area contributed by atoms with Crippen molar-refractivity contribution in [2.24, 2.45) is 0 Å². The van der Waals surface area contributed by atoms with Crippen LogP contribution in [0.2, 0.25) is 0 Å². The Morgan fingerprint density at radius 2 is 0.882 bits per heavy atom. The highest BCUT2D eigenvalue weighted by molar-refractivity contribution is 7.91. The molecule has 0 saturated heterocycles. The van der Waals surface area contributed by atoms with E-state index in [4.69, 9.17) is 8.83 Å². The molecule has 2 aromatic carbocycles. The number of halogens is 8. The van der Waals surface area contributed by atoms with Crippen molar-refractivity contribution >= 4 is 19.7 Å². The van der Waals surface area contributed by atoms with E-state index in [1.54, 1.807) is 0 Å². The number of sulfone groups is 2. The van der Waals surface area contributed by atoms with Gasteiger partial charge in [0, 0.05) is 12.8 Å². The largest absolute Gasteiger partial charge is 0.461 e. The molecule has 0 radical (unpaired) electrons. The van der Waals surface area contributed by atoms with Crippen molar-refractivity contribution in [3.05, 3.63) is 156 Å². The highest BCUT2D eigenvalue weighted by atomic mass is 32.2. The first-order valence-electron chi connectivity index (χ1n) is 19.8. The van der Waals surface area contributed by atoms with Crippen molar-refractivity contribution in [2.75, 3.05) is 0 Å². The Hall–Kier alpha value is -7.22. The molecule has 0 N–H and O–H groups in total. The van der Waals surface area contributed by atoms with Crippen LogP contribution in [0.4, 0.5) is 35.1 Å². The Bertz CT molecular complexity index is 2990. The van der Waals surface area contributed by atoms with Gasteiger partial charge in [0.15, 0.2) is 54.5 Å². The standard InChI is InChI=1S/2C21H17F4N5O3S/c2*1-13(9-18-26-10-14(22)11-27-18)34(31,32)12-19-28-29-20(17-7-4-8-33-17)30(19)16-6-3-2-5-15(16)21(23,24)25/h2*2-8,10-11,13H,9,12H2,1H3/t2*13-/m10/s1. The third-order valence-corrected chi connectivity index (χ3v) is 14.1. The van der Waals surface area contributed by atoms with Gasteiger partial charge in [-0.2, -0.15) is 26.3 Å². The van der Waals surface area contributed by atoms with E-state index in [0.717, 1.165) is 46.1 Å². The molecule has 0 aliphatic heterocycles. The van der Waals surface area contributed by atoms with Gasteiger partial charge in [-0.05, 0) is 62.4 Å². The molecule has 0 saturated carbocycles. The van der Waals surface area contributed by atoms with E-state index in [-0.39, 0.29) is 70.7 Å². The Balaban J connectivity index is 0.000000201. The van der Waals surface area contributed by atoms with Crippen LogP contribution in [0.5, 0.6) is 0 Å². The van der Waals surface area contributed by atoms with E-state index < -0.39 is 76.8 Å². The number of aromatic nitrogens is 10. The molecule has 26 heteroatoms. The monoisotopic (exact) mass is 990 g/mol. The molecule has 16 nitrogen and oxygen atoms in total. The van der Waals surface area contributed by atoms with Crippen LogP contribution in [0.1, 0.15) is 48.3 Å². The fourth-order valence-corrected chi connectivity index (χ4v) is 9.04. The summed E-state index contributed by atoms with van der Waals surface area (Å²) in [7, 11) is -7.93. The van der Waals surface area contributed by atoms with Crippen molar-refractivity contribution in [2.45, 2.75) is 61.0 Å². The molecule has 6 heterocycles. The molecule has 2 atom stereocenters. The number of alkyl halides is 6. The van der Waals surface area contributed by atoms with Crippen LogP contribution in [0.25, 0.3) is 34.5 Å². The molecule has 0 bridgehead atoms. The second-order valence-electron chi connectivity index (χ2n) is 14.8. The van der Waals surface area contributed by atoms with Crippen molar-refractivity contribution in [1.82, 2.24) is 49.5 Å². The van der Waals surface area contributed by atoms with Gasteiger partial charge < -0.3 is 8.83 Å². The summed E-state index contributed by atoms with van der Waals surface area (Å²) < 4.78 is 173.